The normalized spacial score (nSPS) is 30.5. The Morgan fingerprint density at radius 1 is 1.53 bits per heavy atom. The number of alkyl halides is 1. The van der Waals surface area contributed by atoms with E-state index in [2.05, 4.69) is 5.32 Å². The largest absolute Gasteiger partial charge is 0.341 e. The fourth-order valence-electron chi connectivity index (χ4n) is 2.09. The topological polar surface area (TPSA) is 32.3 Å². The summed E-state index contributed by atoms with van der Waals surface area (Å²) in [5.41, 5.74) is 0. The van der Waals surface area contributed by atoms with Gasteiger partial charge in [0, 0.05) is 26.1 Å². The van der Waals surface area contributed by atoms with Crippen molar-refractivity contribution in [2.75, 3.05) is 19.6 Å². The molecular weight excluding hydrogens is 195 g/mol. The van der Waals surface area contributed by atoms with E-state index in [-0.39, 0.29) is 11.9 Å². The second-order valence-electron chi connectivity index (χ2n) is 4.61. The maximum atomic E-state index is 12.9. The number of nitrogens with one attached hydrogen (secondary N) is 1. The van der Waals surface area contributed by atoms with E-state index < -0.39 is 6.17 Å². The summed E-state index contributed by atoms with van der Waals surface area (Å²) in [7, 11) is 0. The molecule has 1 aliphatic carbocycles. The predicted molar refractivity (Wildman–Crippen MR) is 56.3 cm³/mol. The lowest BCUT2D eigenvalue weighted by Gasteiger charge is -2.24. The Kier molecular flexibility index (Phi) is 3.24. The first kappa shape index (κ1) is 10.9. The van der Waals surface area contributed by atoms with Gasteiger partial charge in [-0.2, -0.15) is 0 Å². The van der Waals surface area contributed by atoms with Gasteiger partial charge < -0.3 is 10.2 Å². The molecule has 1 heterocycles. The number of amides is 1. The highest BCUT2D eigenvalue weighted by Crippen LogP contribution is 2.30. The molecule has 0 aromatic heterocycles. The van der Waals surface area contributed by atoms with Crippen LogP contribution in [0.3, 0.4) is 0 Å². The summed E-state index contributed by atoms with van der Waals surface area (Å²) in [6.07, 6.45) is 1.99. The van der Waals surface area contributed by atoms with Crippen molar-refractivity contribution in [1.29, 1.82) is 0 Å². The highest BCUT2D eigenvalue weighted by atomic mass is 19.1. The molecule has 2 fully saturated rings. The van der Waals surface area contributed by atoms with Gasteiger partial charge in [0.1, 0.15) is 6.17 Å². The predicted octanol–water partition coefficient (Wildman–Crippen LogP) is 0.945. The average molecular weight is 214 g/mol. The van der Waals surface area contributed by atoms with Crippen LogP contribution in [-0.4, -0.2) is 42.7 Å². The van der Waals surface area contributed by atoms with Gasteiger partial charge in [-0.3, -0.25) is 4.79 Å². The summed E-state index contributed by atoms with van der Waals surface area (Å²) < 4.78 is 12.9. The number of carbonyl (C=O) groups is 1. The number of hydrogen-bond donors (Lipinski definition) is 1. The van der Waals surface area contributed by atoms with Gasteiger partial charge in [-0.1, -0.05) is 0 Å². The van der Waals surface area contributed by atoms with Gasteiger partial charge in [0.25, 0.3) is 0 Å². The third kappa shape index (κ3) is 2.68. The summed E-state index contributed by atoms with van der Waals surface area (Å²) in [6.45, 7) is 3.93. The van der Waals surface area contributed by atoms with Crippen LogP contribution in [0.2, 0.25) is 0 Å². The van der Waals surface area contributed by atoms with E-state index in [0.29, 0.717) is 18.9 Å². The third-order valence-electron chi connectivity index (χ3n) is 3.24. The van der Waals surface area contributed by atoms with Crippen LogP contribution in [-0.2, 0) is 4.79 Å². The van der Waals surface area contributed by atoms with E-state index in [1.165, 1.54) is 12.8 Å². The zero-order valence-electron chi connectivity index (χ0n) is 9.21. The van der Waals surface area contributed by atoms with E-state index in [4.69, 9.17) is 0 Å². The molecule has 2 aliphatic rings. The van der Waals surface area contributed by atoms with E-state index in [9.17, 15) is 9.18 Å². The van der Waals surface area contributed by atoms with Crippen molar-refractivity contribution in [3.8, 4) is 0 Å². The number of likely N-dealkylation sites (N-methyl/N-ethyl adjacent to an activating group) is 1. The molecule has 2 rings (SSSR count). The van der Waals surface area contributed by atoms with Crippen molar-refractivity contribution in [2.45, 2.75) is 38.4 Å². The quantitative estimate of drug-likeness (QED) is 0.755. The summed E-state index contributed by atoms with van der Waals surface area (Å²) in [5, 5.41) is 2.95. The van der Waals surface area contributed by atoms with Gasteiger partial charge in [0.2, 0.25) is 5.91 Å². The molecule has 3 nitrogen and oxygen atoms in total. The minimum atomic E-state index is -0.849. The first-order valence-electron chi connectivity index (χ1n) is 5.87. The van der Waals surface area contributed by atoms with Crippen molar-refractivity contribution >= 4 is 5.91 Å². The highest BCUT2D eigenvalue weighted by Gasteiger charge is 2.33. The van der Waals surface area contributed by atoms with Crippen LogP contribution in [0.15, 0.2) is 0 Å². The Morgan fingerprint density at radius 2 is 2.27 bits per heavy atom. The van der Waals surface area contributed by atoms with Gasteiger partial charge >= 0.3 is 0 Å². The lowest BCUT2D eigenvalue weighted by Crippen LogP contribution is -2.44. The maximum absolute atomic E-state index is 12.9. The molecule has 0 aromatic carbocycles. The van der Waals surface area contributed by atoms with Gasteiger partial charge in [0.15, 0.2) is 0 Å². The first-order chi connectivity index (χ1) is 7.20. The van der Waals surface area contributed by atoms with Crippen molar-refractivity contribution in [2.24, 2.45) is 5.92 Å². The smallest absolute Gasteiger partial charge is 0.239 e. The molecule has 0 bridgehead atoms. The SMILES string of the molecule is CCN(CC1CC1)C(=O)[C@H]1C[C@H](F)CN1. The lowest BCUT2D eigenvalue weighted by molar-refractivity contribution is -0.133. The van der Waals surface area contributed by atoms with Crippen LogP contribution in [0.25, 0.3) is 0 Å². The van der Waals surface area contributed by atoms with Crippen LogP contribution >= 0.6 is 0 Å². The van der Waals surface area contributed by atoms with E-state index in [1.54, 1.807) is 0 Å². The molecular formula is C11H19FN2O. The van der Waals surface area contributed by atoms with Crippen LogP contribution < -0.4 is 5.32 Å². The number of rotatable bonds is 4. The Balaban J connectivity index is 1.86. The Labute approximate surface area is 90.0 Å². The van der Waals surface area contributed by atoms with Crippen LogP contribution in [0.4, 0.5) is 4.39 Å². The Hall–Kier alpha value is -0.640. The molecule has 15 heavy (non-hydrogen) atoms. The molecule has 0 spiro atoms. The minimum absolute atomic E-state index is 0.0875. The van der Waals surface area contributed by atoms with Crippen molar-refractivity contribution in [3.63, 3.8) is 0 Å². The third-order valence-corrected chi connectivity index (χ3v) is 3.24. The lowest BCUT2D eigenvalue weighted by atomic mass is 10.2. The van der Waals surface area contributed by atoms with E-state index in [1.807, 2.05) is 11.8 Å². The molecule has 0 radical (unpaired) electrons. The monoisotopic (exact) mass is 214 g/mol. The molecule has 2 atom stereocenters. The van der Waals surface area contributed by atoms with Crippen LogP contribution in [0.5, 0.6) is 0 Å². The summed E-state index contributed by atoms with van der Waals surface area (Å²) in [5.74, 6) is 0.793. The molecule has 86 valence electrons. The second-order valence-corrected chi connectivity index (χ2v) is 4.61. The highest BCUT2D eigenvalue weighted by molar-refractivity contribution is 5.82. The van der Waals surface area contributed by atoms with Gasteiger partial charge in [-0.05, 0) is 25.7 Å². The van der Waals surface area contributed by atoms with Crippen LogP contribution in [0.1, 0.15) is 26.2 Å². The van der Waals surface area contributed by atoms with Crippen molar-refractivity contribution in [3.05, 3.63) is 0 Å². The standard InChI is InChI=1S/C11H19FN2O/c1-2-14(7-8-3-4-8)11(15)10-5-9(12)6-13-10/h8-10,13H,2-7H2,1H3/t9-,10+/m0/s1. The zero-order chi connectivity index (χ0) is 10.8. The first-order valence-corrected chi connectivity index (χ1v) is 5.87. The zero-order valence-corrected chi connectivity index (χ0v) is 9.21. The summed E-state index contributed by atoms with van der Waals surface area (Å²) >= 11 is 0. The molecule has 1 amide bonds. The molecule has 1 saturated carbocycles. The summed E-state index contributed by atoms with van der Waals surface area (Å²) in [6, 6.07) is -0.279. The molecule has 0 unspecified atom stereocenters. The fourth-order valence-corrected chi connectivity index (χ4v) is 2.09. The molecule has 1 saturated heterocycles. The van der Waals surface area contributed by atoms with Gasteiger partial charge in [0.05, 0.1) is 6.04 Å². The van der Waals surface area contributed by atoms with Crippen molar-refractivity contribution in [1.82, 2.24) is 10.2 Å². The average Bonchev–Trinajstić information content (AvgIpc) is 2.95. The van der Waals surface area contributed by atoms with E-state index >= 15 is 0 Å². The molecule has 1 aliphatic heterocycles. The number of carbonyl (C=O) groups excluding carboxylic acids is 1. The minimum Gasteiger partial charge on any atom is -0.341 e. The number of halogens is 1. The molecule has 4 heteroatoms. The number of nitrogens with zero attached hydrogens (tertiary/aromatic N) is 1. The summed E-state index contributed by atoms with van der Waals surface area (Å²) in [4.78, 5) is 13.9. The fraction of sp³-hybridized carbons (Fsp3) is 0.909. The molecule has 0 aromatic rings. The van der Waals surface area contributed by atoms with Gasteiger partial charge in [-0.25, -0.2) is 4.39 Å². The van der Waals surface area contributed by atoms with Crippen molar-refractivity contribution < 1.29 is 9.18 Å². The second kappa shape index (κ2) is 4.47. The maximum Gasteiger partial charge on any atom is 0.239 e. The van der Waals surface area contributed by atoms with Gasteiger partial charge in [-0.15, -0.1) is 0 Å². The molecule has 1 N–H and O–H groups in total. The Morgan fingerprint density at radius 3 is 2.73 bits per heavy atom. The Bertz CT molecular complexity index is 243. The van der Waals surface area contributed by atoms with Crippen LogP contribution in [0, 0.1) is 5.92 Å². The van der Waals surface area contributed by atoms with E-state index in [0.717, 1.165) is 13.1 Å². The number of hydrogen-bond acceptors (Lipinski definition) is 2.